The van der Waals surface area contributed by atoms with E-state index in [1.807, 2.05) is 92.7 Å². The SMILES string of the molecule is CCCCCCc1ccc(C(=O)N(CC(=O)Nc2c(-c3ccccc3)c(C)nn2-c2ccccc2C)CC(C)C)cc1. The number of nitrogens with one attached hydrogen (secondary N) is 1. The van der Waals surface area contributed by atoms with E-state index in [1.165, 1.54) is 24.8 Å². The van der Waals surface area contributed by atoms with Gasteiger partial charge in [-0.25, -0.2) is 4.68 Å². The van der Waals surface area contributed by atoms with Crippen molar-refractivity contribution in [1.82, 2.24) is 14.7 Å². The fraction of sp³-hybridized carbons (Fsp3) is 0.361. The van der Waals surface area contributed by atoms with Crippen molar-refractivity contribution in [2.24, 2.45) is 5.92 Å². The van der Waals surface area contributed by atoms with Crippen LogP contribution in [0, 0.1) is 19.8 Å². The Hall–Kier alpha value is -4.19. The lowest BCUT2D eigenvalue weighted by atomic mass is 10.0. The zero-order chi connectivity index (χ0) is 30.1. The average Bonchev–Trinajstić information content (AvgIpc) is 3.30. The van der Waals surface area contributed by atoms with Gasteiger partial charge in [-0.2, -0.15) is 5.10 Å². The van der Waals surface area contributed by atoms with E-state index in [1.54, 1.807) is 9.58 Å². The molecule has 3 aromatic carbocycles. The molecule has 0 radical (unpaired) electrons. The zero-order valence-electron chi connectivity index (χ0n) is 25.7. The number of hydrogen-bond acceptors (Lipinski definition) is 3. The van der Waals surface area contributed by atoms with Crippen LogP contribution in [0.15, 0.2) is 78.9 Å². The maximum absolute atomic E-state index is 13.7. The lowest BCUT2D eigenvalue weighted by Gasteiger charge is -2.24. The van der Waals surface area contributed by atoms with Gasteiger partial charge in [-0.1, -0.05) is 101 Å². The molecule has 220 valence electrons. The summed E-state index contributed by atoms with van der Waals surface area (Å²) in [5, 5.41) is 7.99. The summed E-state index contributed by atoms with van der Waals surface area (Å²) in [6.07, 6.45) is 5.87. The molecule has 4 aromatic rings. The van der Waals surface area contributed by atoms with Gasteiger partial charge in [0.05, 0.1) is 11.4 Å². The molecule has 0 fully saturated rings. The number of hydrogen-bond donors (Lipinski definition) is 1. The van der Waals surface area contributed by atoms with Gasteiger partial charge >= 0.3 is 0 Å². The zero-order valence-corrected chi connectivity index (χ0v) is 25.7. The second kappa shape index (κ2) is 14.6. The van der Waals surface area contributed by atoms with E-state index in [-0.39, 0.29) is 24.3 Å². The van der Waals surface area contributed by atoms with Crippen LogP contribution in [-0.4, -0.2) is 39.6 Å². The molecule has 0 aliphatic rings. The van der Waals surface area contributed by atoms with Gasteiger partial charge in [0.2, 0.25) is 5.91 Å². The third-order valence-corrected chi connectivity index (χ3v) is 7.45. The normalized spacial score (nSPS) is 11.1. The summed E-state index contributed by atoms with van der Waals surface area (Å²) in [5.41, 5.74) is 6.42. The van der Waals surface area contributed by atoms with E-state index >= 15 is 0 Å². The van der Waals surface area contributed by atoms with Crippen LogP contribution in [0.5, 0.6) is 0 Å². The molecule has 6 nitrogen and oxygen atoms in total. The van der Waals surface area contributed by atoms with Crippen LogP contribution in [0.2, 0.25) is 0 Å². The lowest BCUT2D eigenvalue weighted by molar-refractivity contribution is -0.117. The number of aromatic nitrogens is 2. The van der Waals surface area contributed by atoms with Crippen LogP contribution >= 0.6 is 0 Å². The van der Waals surface area contributed by atoms with E-state index < -0.39 is 0 Å². The maximum atomic E-state index is 13.7. The average molecular weight is 565 g/mol. The van der Waals surface area contributed by atoms with Gasteiger partial charge in [0, 0.05) is 17.7 Å². The molecule has 4 rings (SSSR count). The van der Waals surface area contributed by atoms with E-state index in [0.717, 1.165) is 40.9 Å². The Kier molecular flexibility index (Phi) is 10.7. The number of anilines is 1. The maximum Gasteiger partial charge on any atom is 0.254 e. The molecule has 0 aliphatic heterocycles. The largest absolute Gasteiger partial charge is 0.329 e. The molecule has 0 unspecified atom stereocenters. The van der Waals surface area contributed by atoms with Crippen molar-refractivity contribution in [1.29, 1.82) is 0 Å². The predicted molar refractivity (Wildman–Crippen MR) is 172 cm³/mol. The molecule has 0 bridgehead atoms. The molecule has 0 saturated heterocycles. The summed E-state index contributed by atoms with van der Waals surface area (Å²) >= 11 is 0. The highest BCUT2D eigenvalue weighted by Crippen LogP contribution is 2.34. The van der Waals surface area contributed by atoms with E-state index in [0.29, 0.717) is 17.9 Å². The van der Waals surface area contributed by atoms with E-state index in [9.17, 15) is 9.59 Å². The second-order valence-electron chi connectivity index (χ2n) is 11.5. The van der Waals surface area contributed by atoms with Gasteiger partial charge in [0.25, 0.3) is 5.91 Å². The molecule has 0 atom stereocenters. The topological polar surface area (TPSA) is 67.2 Å². The minimum atomic E-state index is -0.261. The van der Waals surface area contributed by atoms with Gasteiger partial charge in [-0.05, 0) is 67.5 Å². The first-order valence-corrected chi connectivity index (χ1v) is 15.2. The first kappa shape index (κ1) is 30.8. The lowest BCUT2D eigenvalue weighted by Crippen LogP contribution is -2.40. The quantitative estimate of drug-likeness (QED) is 0.167. The number of carbonyl (C=O) groups excluding carboxylic acids is 2. The minimum absolute atomic E-state index is 0.0536. The van der Waals surface area contributed by atoms with Gasteiger partial charge in [-0.3, -0.25) is 9.59 Å². The van der Waals surface area contributed by atoms with Crippen molar-refractivity contribution in [3.63, 3.8) is 0 Å². The third kappa shape index (κ3) is 7.75. The molecule has 1 heterocycles. The number of amides is 2. The molecular formula is C36H44N4O2. The molecule has 2 amide bonds. The fourth-order valence-electron chi connectivity index (χ4n) is 5.33. The van der Waals surface area contributed by atoms with Crippen LogP contribution in [0.25, 0.3) is 16.8 Å². The molecule has 1 N–H and O–H groups in total. The Morgan fingerprint density at radius 2 is 1.57 bits per heavy atom. The van der Waals surface area contributed by atoms with Crippen LogP contribution in [0.3, 0.4) is 0 Å². The van der Waals surface area contributed by atoms with Gasteiger partial charge < -0.3 is 10.2 Å². The van der Waals surface area contributed by atoms with Crippen molar-refractivity contribution in [2.75, 3.05) is 18.4 Å². The summed E-state index contributed by atoms with van der Waals surface area (Å²) in [4.78, 5) is 29.0. The summed E-state index contributed by atoms with van der Waals surface area (Å²) in [7, 11) is 0. The van der Waals surface area contributed by atoms with Crippen molar-refractivity contribution in [2.45, 2.75) is 66.7 Å². The van der Waals surface area contributed by atoms with Gasteiger partial charge in [0.15, 0.2) is 0 Å². The predicted octanol–water partition coefficient (Wildman–Crippen LogP) is 8.02. The van der Waals surface area contributed by atoms with Gasteiger partial charge in [-0.15, -0.1) is 0 Å². The van der Waals surface area contributed by atoms with Crippen LogP contribution < -0.4 is 5.32 Å². The summed E-state index contributed by atoms with van der Waals surface area (Å²) in [5.74, 6) is 0.410. The highest BCUT2D eigenvalue weighted by Gasteiger charge is 2.24. The fourth-order valence-corrected chi connectivity index (χ4v) is 5.33. The molecule has 42 heavy (non-hydrogen) atoms. The van der Waals surface area contributed by atoms with E-state index in [4.69, 9.17) is 5.10 Å². The minimum Gasteiger partial charge on any atom is -0.329 e. The molecule has 1 aromatic heterocycles. The van der Waals surface area contributed by atoms with Crippen molar-refractivity contribution >= 4 is 17.6 Å². The van der Waals surface area contributed by atoms with Crippen molar-refractivity contribution in [3.05, 3.63) is 101 Å². The molecule has 0 aliphatic carbocycles. The number of benzene rings is 3. The van der Waals surface area contributed by atoms with Crippen molar-refractivity contribution < 1.29 is 9.59 Å². The highest BCUT2D eigenvalue weighted by molar-refractivity contribution is 6.01. The molecule has 6 heteroatoms. The number of unbranched alkanes of at least 4 members (excludes halogenated alkanes) is 3. The number of carbonyl (C=O) groups is 2. The monoisotopic (exact) mass is 564 g/mol. The van der Waals surface area contributed by atoms with Crippen LogP contribution in [0.1, 0.15) is 73.6 Å². The first-order chi connectivity index (χ1) is 20.3. The number of rotatable bonds is 13. The summed E-state index contributed by atoms with van der Waals surface area (Å²) in [6, 6.07) is 25.8. The number of para-hydroxylation sites is 1. The highest BCUT2D eigenvalue weighted by atomic mass is 16.2. The standard InChI is InChI=1S/C36H44N4O2/c1-6-7-8-10-16-29-20-22-31(23-21-29)36(42)39(24-26(2)3)25-33(41)37-35-34(30-17-11-9-12-18-30)28(5)38-40(35)32-19-14-13-15-27(32)4/h9,11-15,17-23,26H,6-8,10,16,24-25H2,1-5H3,(H,37,41). The second-order valence-corrected chi connectivity index (χ2v) is 11.5. The number of nitrogens with zero attached hydrogens (tertiary/aromatic N) is 3. The van der Waals surface area contributed by atoms with E-state index in [2.05, 4.69) is 26.1 Å². The van der Waals surface area contributed by atoms with Gasteiger partial charge in [0.1, 0.15) is 12.4 Å². The van der Waals surface area contributed by atoms with Crippen LogP contribution in [-0.2, 0) is 11.2 Å². The summed E-state index contributed by atoms with van der Waals surface area (Å²) in [6.45, 7) is 10.7. The first-order valence-electron chi connectivity index (χ1n) is 15.2. The molecule has 0 spiro atoms. The third-order valence-electron chi connectivity index (χ3n) is 7.45. The van der Waals surface area contributed by atoms with Crippen molar-refractivity contribution in [3.8, 4) is 16.8 Å². The summed E-state index contributed by atoms with van der Waals surface area (Å²) < 4.78 is 1.80. The Morgan fingerprint density at radius 3 is 2.24 bits per heavy atom. The Balaban J connectivity index is 1.58. The molecular weight excluding hydrogens is 520 g/mol. The Bertz CT molecular complexity index is 1470. The Labute approximate surface area is 250 Å². The number of aryl methyl sites for hydroxylation is 3. The molecule has 0 saturated carbocycles. The smallest absolute Gasteiger partial charge is 0.254 e. The van der Waals surface area contributed by atoms with Crippen LogP contribution in [0.4, 0.5) is 5.82 Å². The Morgan fingerprint density at radius 1 is 0.881 bits per heavy atom.